The van der Waals surface area contributed by atoms with E-state index < -0.39 is 24.2 Å². The van der Waals surface area contributed by atoms with E-state index in [4.69, 9.17) is 9.57 Å². The summed E-state index contributed by atoms with van der Waals surface area (Å²) in [5.41, 5.74) is 3.92. The molecule has 314 valence electrons. The number of rotatable bonds is 16. The molecule has 0 unspecified atom stereocenters. The number of carbonyl (C=O) groups is 2. The number of anilines is 1. The largest absolute Gasteiger partial charge is 0.493 e. The van der Waals surface area contributed by atoms with Crippen LogP contribution < -0.4 is 20.3 Å². The van der Waals surface area contributed by atoms with Crippen molar-refractivity contribution in [1.82, 2.24) is 20.6 Å². The highest BCUT2D eigenvalue weighted by molar-refractivity contribution is 7.09. The summed E-state index contributed by atoms with van der Waals surface area (Å²) in [5.74, 6) is 0.620. The Bertz CT molecular complexity index is 1800. The zero-order valence-corrected chi connectivity index (χ0v) is 36.7. The van der Waals surface area contributed by atoms with Crippen LogP contribution in [0.15, 0.2) is 53.9 Å². The van der Waals surface area contributed by atoms with Crippen molar-refractivity contribution < 1.29 is 29.4 Å². The molecule has 1 aliphatic heterocycles. The predicted octanol–water partition coefficient (Wildman–Crippen LogP) is 6.08. The van der Waals surface area contributed by atoms with E-state index in [1.807, 2.05) is 82.5 Å². The van der Waals surface area contributed by atoms with Crippen molar-refractivity contribution in [2.75, 3.05) is 52.8 Å². The Morgan fingerprint density at radius 2 is 1.82 bits per heavy atom. The van der Waals surface area contributed by atoms with Gasteiger partial charge in [0.05, 0.1) is 25.9 Å². The van der Waals surface area contributed by atoms with Crippen LogP contribution in [0.3, 0.4) is 0 Å². The van der Waals surface area contributed by atoms with E-state index in [1.165, 1.54) is 4.88 Å². The van der Waals surface area contributed by atoms with Gasteiger partial charge in [-0.15, -0.1) is 11.3 Å². The number of ether oxygens (including phenoxy) is 1. The number of hydrogen-bond acceptors (Lipinski definition) is 10. The van der Waals surface area contributed by atoms with Crippen molar-refractivity contribution in [3.63, 3.8) is 0 Å². The fourth-order valence-corrected chi connectivity index (χ4v) is 9.61. The quantitative estimate of drug-likeness (QED) is 0.136. The molecule has 3 aromatic rings. The number of carbonyl (C=O) groups excluding carboxylic acids is 2. The molecule has 2 amide bonds. The van der Waals surface area contributed by atoms with E-state index in [0.717, 1.165) is 35.2 Å². The number of hydroxylamine groups is 2. The molecule has 57 heavy (non-hydrogen) atoms. The number of nitrogens with one attached hydrogen (secondary N) is 2. The summed E-state index contributed by atoms with van der Waals surface area (Å²) in [6, 6.07) is 14.9. The zero-order valence-electron chi connectivity index (χ0n) is 35.9. The fraction of sp³-hybridized carbons (Fsp3) is 0.600. The van der Waals surface area contributed by atoms with Crippen LogP contribution in [0.5, 0.6) is 5.75 Å². The molecule has 1 aliphatic carbocycles. The van der Waals surface area contributed by atoms with E-state index in [1.54, 1.807) is 23.3 Å². The predicted molar refractivity (Wildman–Crippen MR) is 229 cm³/mol. The van der Waals surface area contributed by atoms with Gasteiger partial charge >= 0.3 is 0 Å². The number of thiophene rings is 1. The number of nitrogens with zero attached hydrogens (tertiary/aromatic N) is 3. The molecule has 9 atom stereocenters. The number of benzene rings is 2. The smallest absolute Gasteiger partial charge is 0.251 e. The summed E-state index contributed by atoms with van der Waals surface area (Å²) in [5, 5.41) is 31.8. The minimum Gasteiger partial charge on any atom is -0.493 e. The molecule has 1 aromatic heterocycles. The van der Waals surface area contributed by atoms with E-state index in [9.17, 15) is 19.8 Å². The van der Waals surface area contributed by atoms with Crippen molar-refractivity contribution in [3.8, 4) is 16.9 Å². The third-order valence-corrected chi connectivity index (χ3v) is 13.7. The average Bonchev–Trinajstić information content (AvgIpc) is 3.81. The van der Waals surface area contributed by atoms with Gasteiger partial charge in [0.2, 0.25) is 5.91 Å². The number of para-hydroxylation sites is 1. The van der Waals surface area contributed by atoms with Crippen LogP contribution in [0.2, 0.25) is 0 Å². The van der Waals surface area contributed by atoms with E-state index in [2.05, 4.69) is 61.6 Å². The molecule has 5 rings (SSSR count). The van der Waals surface area contributed by atoms with Gasteiger partial charge in [-0.1, -0.05) is 58.9 Å². The second kappa shape index (κ2) is 19.0. The van der Waals surface area contributed by atoms with Gasteiger partial charge in [0.15, 0.2) is 0 Å². The first-order chi connectivity index (χ1) is 27.0. The van der Waals surface area contributed by atoms with Crippen LogP contribution in [0, 0.1) is 29.1 Å². The lowest BCUT2D eigenvalue weighted by atomic mass is 9.58. The molecule has 2 aliphatic rings. The summed E-state index contributed by atoms with van der Waals surface area (Å²) < 4.78 is 6.40. The molecule has 2 fully saturated rings. The number of amides is 2. The fourth-order valence-electron chi connectivity index (χ4n) is 8.83. The maximum absolute atomic E-state index is 14.4. The Morgan fingerprint density at radius 3 is 2.44 bits per heavy atom. The monoisotopic (exact) mass is 805 g/mol. The van der Waals surface area contributed by atoms with Gasteiger partial charge < -0.3 is 35.4 Å². The minimum absolute atomic E-state index is 0.0354. The third kappa shape index (κ3) is 10.2. The van der Waals surface area contributed by atoms with Crippen LogP contribution in [0.25, 0.3) is 11.1 Å². The second-order valence-corrected chi connectivity index (χ2v) is 18.5. The second-order valence-electron chi connectivity index (χ2n) is 17.5. The first kappa shape index (κ1) is 44.6. The van der Waals surface area contributed by atoms with E-state index >= 15 is 0 Å². The molecular formula is C45H67N5O6S. The summed E-state index contributed by atoms with van der Waals surface area (Å²) in [7, 11) is 7.92. The van der Waals surface area contributed by atoms with E-state index in [-0.39, 0.29) is 48.4 Å². The lowest BCUT2D eigenvalue weighted by Crippen LogP contribution is -2.56. The highest BCUT2D eigenvalue weighted by atomic mass is 32.1. The summed E-state index contributed by atoms with van der Waals surface area (Å²) in [6.45, 7) is 15.8. The molecule has 2 heterocycles. The summed E-state index contributed by atoms with van der Waals surface area (Å²) in [6.07, 6.45) is -0.0937. The number of hydrogen-bond donors (Lipinski definition) is 4. The van der Waals surface area contributed by atoms with Crippen molar-refractivity contribution in [2.45, 2.75) is 98.2 Å². The molecule has 0 spiro atoms. The first-order valence-electron chi connectivity index (χ1n) is 20.5. The standard InChI is InChI=1S/C45H67N5O6S/c1-12-55-42-31(24-50-41(40(30(5)52)39(26-51)56-50)44(54)47-38-19-27(2)45(6,7)29(4)28(38)3)15-13-17-37(42)32-20-33(22-35(21-32)49(10)11)43(53)46-34(25-48(8)9)23-36-16-14-18-57-36/h13-18,20-22,27-30,34,38-41,51-52H,12,19,23-26H2,1-11H3,(H,46,53)(H,47,54)/t27-,28+,29+,30+,34+,38+,39+,40-,41+/m1/s1. The molecule has 0 bridgehead atoms. The van der Waals surface area contributed by atoms with Gasteiger partial charge in [-0.25, -0.2) is 0 Å². The van der Waals surface area contributed by atoms with Gasteiger partial charge in [-0.3, -0.25) is 14.4 Å². The van der Waals surface area contributed by atoms with Crippen molar-refractivity contribution in [3.05, 3.63) is 69.9 Å². The first-order valence-corrected chi connectivity index (χ1v) is 21.4. The number of aliphatic hydroxyl groups is 2. The summed E-state index contributed by atoms with van der Waals surface area (Å²) in [4.78, 5) is 40.1. The van der Waals surface area contributed by atoms with Crippen molar-refractivity contribution in [2.24, 2.45) is 29.1 Å². The normalized spacial score (nSPS) is 25.9. The third-order valence-electron chi connectivity index (χ3n) is 12.8. The van der Waals surface area contributed by atoms with Gasteiger partial charge in [-0.2, -0.15) is 5.06 Å². The van der Waals surface area contributed by atoms with Crippen LogP contribution >= 0.6 is 11.3 Å². The molecule has 11 nitrogen and oxygen atoms in total. The molecule has 1 saturated heterocycles. The molecule has 12 heteroatoms. The van der Waals surface area contributed by atoms with Gasteiger partial charge in [0.25, 0.3) is 5.91 Å². The Morgan fingerprint density at radius 1 is 1.09 bits per heavy atom. The molecule has 4 N–H and O–H groups in total. The highest BCUT2D eigenvalue weighted by Gasteiger charge is 2.51. The molecule has 0 radical (unpaired) electrons. The number of aliphatic hydroxyl groups excluding tert-OH is 2. The van der Waals surface area contributed by atoms with Crippen LogP contribution in [-0.2, 0) is 22.6 Å². The van der Waals surface area contributed by atoms with Crippen LogP contribution in [0.1, 0.15) is 75.7 Å². The molecular weight excluding hydrogens is 739 g/mol. The summed E-state index contributed by atoms with van der Waals surface area (Å²) >= 11 is 1.69. The lowest BCUT2D eigenvalue weighted by molar-refractivity contribution is -0.182. The van der Waals surface area contributed by atoms with Crippen LogP contribution in [-0.4, -0.2) is 110 Å². The Labute approximate surface area is 344 Å². The van der Waals surface area contributed by atoms with E-state index in [0.29, 0.717) is 36.3 Å². The van der Waals surface area contributed by atoms with Crippen LogP contribution in [0.4, 0.5) is 5.69 Å². The topological polar surface area (TPSA) is 127 Å². The van der Waals surface area contributed by atoms with Crippen molar-refractivity contribution in [1.29, 1.82) is 0 Å². The Kier molecular flexibility index (Phi) is 14.9. The molecule has 2 aromatic carbocycles. The highest BCUT2D eigenvalue weighted by Crippen LogP contribution is 2.48. The average molecular weight is 806 g/mol. The Hall–Kier alpha value is -3.52. The maximum Gasteiger partial charge on any atom is 0.251 e. The van der Waals surface area contributed by atoms with Gasteiger partial charge in [-0.05, 0) is 92.7 Å². The Balaban J connectivity index is 1.48. The molecule has 1 saturated carbocycles. The lowest BCUT2D eigenvalue weighted by Gasteiger charge is -2.50. The number of likely N-dealkylation sites (N-methyl/N-ethyl adjacent to an activating group) is 1. The van der Waals surface area contributed by atoms with Gasteiger partial charge in [0, 0.05) is 72.3 Å². The minimum atomic E-state index is -0.915. The maximum atomic E-state index is 14.4. The van der Waals surface area contributed by atoms with Crippen molar-refractivity contribution >= 4 is 28.8 Å². The zero-order chi connectivity index (χ0) is 41.8. The van der Waals surface area contributed by atoms with Gasteiger partial charge in [0.1, 0.15) is 17.9 Å². The SMILES string of the molecule is CCOc1c(CN2O[C@@H](CO)[C@@H]([C@H](C)O)[C@H]2C(=O)N[C@H]2C[C@@H](C)C(C)(C)[C@@H](C)[C@@H]2C)cccc1-c1cc(C(=O)N[C@@H](Cc2cccs2)CN(C)C)cc(N(C)C)c1.